The molecule has 0 saturated heterocycles. The van der Waals surface area contributed by atoms with Crippen molar-refractivity contribution < 1.29 is 0 Å². The van der Waals surface area contributed by atoms with Crippen molar-refractivity contribution in [2.24, 2.45) is 0 Å². The van der Waals surface area contributed by atoms with Crippen LogP contribution in [0.3, 0.4) is 0 Å². The lowest BCUT2D eigenvalue weighted by molar-refractivity contribution is 0.425. The molecule has 2 aromatic carbocycles. The highest BCUT2D eigenvalue weighted by molar-refractivity contribution is 6.30. The van der Waals surface area contributed by atoms with E-state index in [1.54, 1.807) is 0 Å². The Hall–Kier alpha value is -2.43. The first-order valence-electron chi connectivity index (χ1n) is 8.62. The number of nitrogens with one attached hydrogen (secondary N) is 1. The van der Waals surface area contributed by atoms with Gasteiger partial charge in [-0.1, -0.05) is 41.4 Å². The number of benzene rings is 2. The first-order valence-corrected chi connectivity index (χ1v) is 9.00. The Labute approximate surface area is 159 Å². The third-order valence-corrected chi connectivity index (χ3v) is 4.27. The van der Waals surface area contributed by atoms with Gasteiger partial charge in [0.1, 0.15) is 5.82 Å². The molecule has 0 radical (unpaired) electrons. The van der Waals surface area contributed by atoms with Gasteiger partial charge >= 0.3 is 0 Å². The quantitative estimate of drug-likeness (QED) is 0.684. The van der Waals surface area contributed by atoms with Gasteiger partial charge in [-0.25, -0.2) is 9.97 Å². The van der Waals surface area contributed by atoms with E-state index in [0.717, 1.165) is 40.4 Å². The predicted octanol–water partition coefficient (Wildman–Crippen LogP) is 4.74. The van der Waals surface area contributed by atoms with Crippen molar-refractivity contribution in [2.45, 2.75) is 6.92 Å². The number of aryl methyl sites for hydroxylation is 1. The minimum atomic E-state index is 0.684. The minimum absolute atomic E-state index is 0.684. The van der Waals surface area contributed by atoms with Crippen molar-refractivity contribution in [3.05, 3.63) is 64.4 Å². The number of anilines is 1. The first-order chi connectivity index (χ1) is 12.5. The van der Waals surface area contributed by atoms with Crippen LogP contribution in [0.5, 0.6) is 0 Å². The van der Waals surface area contributed by atoms with E-state index in [1.807, 2.05) is 42.5 Å². The van der Waals surface area contributed by atoms with Crippen LogP contribution < -0.4 is 5.32 Å². The Bertz CT molecular complexity index is 917. The summed E-state index contributed by atoms with van der Waals surface area (Å²) in [6.45, 7) is 3.85. The van der Waals surface area contributed by atoms with Crippen LogP contribution in [-0.4, -0.2) is 42.1 Å². The summed E-state index contributed by atoms with van der Waals surface area (Å²) in [4.78, 5) is 11.5. The molecule has 4 nitrogen and oxygen atoms in total. The third-order valence-electron chi connectivity index (χ3n) is 4.01. The number of halogens is 1. The molecule has 0 aliphatic rings. The van der Waals surface area contributed by atoms with Crippen LogP contribution in [0.15, 0.2) is 42.5 Å². The molecular formula is C21H23ClN4. The summed E-state index contributed by atoms with van der Waals surface area (Å²) in [5, 5.41) is 5.23. The normalized spacial score (nSPS) is 11.6. The van der Waals surface area contributed by atoms with Crippen LogP contribution in [0.2, 0.25) is 5.02 Å². The van der Waals surface area contributed by atoms with Crippen molar-refractivity contribution in [1.29, 1.82) is 0 Å². The van der Waals surface area contributed by atoms with Gasteiger partial charge in [0.15, 0.2) is 5.82 Å². The number of fused-ring (bicyclic) bond motifs is 1. The molecule has 0 bridgehead atoms. The molecule has 1 aromatic heterocycles. The molecule has 0 amide bonds. The van der Waals surface area contributed by atoms with Crippen LogP contribution >= 0.6 is 11.6 Å². The van der Waals surface area contributed by atoms with Crippen LogP contribution in [0.25, 0.3) is 23.1 Å². The Kier molecular flexibility index (Phi) is 5.86. The lowest BCUT2D eigenvalue weighted by atomic mass is 10.1. The topological polar surface area (TPSA) is 41.1 Å². The van der Waals surface area contributed by atoms with Crippen LogP contribution in [0.4, 0.5) is 5.82 Å². The highest BCUT2D eigenvalue weighted by atomic mass is 35.5. The molecule has 0 unspecified atom stereocenters. The van der Waals surface area contributed by atoms with Gasteiger partial charge in [0.2, 0.25) is 0 Å². The zero-order valence-electron chi connectivity index (χ0n) is 15.3. The van der Waals surface area contributed by atoms with E-state index in [2.05, 4.69) is 48.4 Å². The van der Waals surface area contributed by atoms with Gasteiger partial charge in [0.25, 0.3) is 0 Å². The second-order valence-corrected chi connectivity index (χ2v) is 7.00. The molecule has 1 N–H and O–H groups in total. The lowest BCUT2D eigenvalue weighted by Gasteiger charge is -2.13. The minimum Gasteiger partial charge on any atom is -0.368 e. The van der Waals surface area contributed by atoms with Gasteiger partial charge in [-0.3, -0.25) is 0 Å². The third kappa shape index (κ3) is 4.81. The molecule has 3 aromatic rings. The molecule has 1 heterocycles. The molecule has 0 aliphatic heterocycles. The number of hydrogen-bond acceptors (Lipinski definition) is 4. The smallest absolute Gasteiger partial charge is 0.154 e. The second kappa shape index (κ2) is 8.30. The van der Waals surface area contributed by atoms with Crippen molar-refractivity contribution in [3.8, 4) is 0 Å². The molecule has 0 fully saturated rings. The van der Waals surface area contributed by atoms with Gasteiger partial charge < -0.3 is 10.2 Å². The molecule has 3 rings (SSSR count). The summed E-state index contributed by atoms with van der Waals surface area (Å²) in [5.74, 6) is 1.56. The maximum absolute atomic E-state index is 5.94. The molecule has 5 heteroatoms. The summed E-state index contributed by atoms with van der Waals surface area (Å²) in [5.41, 5.74) is 3.19. The van der Waals surface area contributed by atoms with Gasteiger partial charge in [-0.15, -0.1) is 0 Å². The Morgan fingerprint density at radius 1 is 1.04 bits per heavy atom. The van der Waals surface area contributed by atoms with Crippen LogP contribution in [-0.2, 0) is 0 Å². The van der Waals surface area contributed by atoms with Crippen molar-refractivity contribution in [1.82, 2.24) is 14.9 Å². The van der Waals surface area contributed by atoms with E-state index < -0.39 is 0 Å². The number of hydrogen-bond donors (Lipinski definition) is 1. The molecule has 0 aliphatic carbocycles. The average molecular weight is 367 g/mol. The van der Waals surface area contributed by atoms with Gasteiger partial charge in [0.05, 0.1) is 5.52 Å². The number of nitrogens with zero attached hydrogens (tertiary/aromatic N) is 3. The highest BCUT2D eigenvalue weighted by Gasteiger charge is 2.07. The molecule has 0 saturated carbocycles. The van der Waals surface area contributed by atoms with Crippen molar-refractivity contribution in [2.75, 3.05) is 32.5 Å². The fourth-order valence-electron chi connectivity index (χ4n) is 2.61. The monoisotopic (exact) mass is 366 g/mol. The number of likely N-dealkylation sites (N-methyl/N-ethyl adjacent to an activating group) is 1. The predicted molar refractivity (Wildman–Crippen MR) is 112 cm³/mol. The molecule has 134 valence electrons. The Balaban J connectivity index is 1.92. The van der Waals surface area contributed by atoms with Gasteiger partial charge in [-0.2, -0.15) is 0 Å². The summed E-state index contributed by atoms with van der Waals surface area (Å²) in [6, 6.07) is 13.9. The molecule has 26 heavy (non-hydrogen) atoms. The largest absolute Gasteiger partial charge is 0.368 e. The summed E-state index contributed by atoms with van der Waals surface area (Å²) in [7, 11) is 4.12. The average Bonchev–Trinajstić information content (AvgIpc) is 2.61. The first kappa shape index (κ1) is 18.4. The second-order valence-electron chi connectivity index (χ2n) is 6.57. The summed E-state index contributed by atoms with van der Waals surface area (Å²) in [6.07, 6.45) is 3.93. The zero-order chi connectivity index (χ0) is 18.5. The lowest BCUT2D eigenvalue weighted by Crippen LogP contribution is -2.21. The van der Waals surface area contributed by atoms with E-state index in [9.17, 15) is 0 Å². The van der Waals surface area contributed by atoms with E-state index in [4.69, 9.17) is 16.6 Å². The summed E-state index contributed by atoms with van der Waals surface area (Å²) >= 11 is 5.94. The number of aromatic nitrogens is 2. The Morgan fingerprint density at radius 3 is 2.54 bits per heavy atom. The fourth-order valence-corrected chi connectivity index (χ4v) is 2.74. The zero-order valence-corrected chi connectivity index (χ0v) is 16.1. The van der Waals surface area contributed by atoms with E-state index in [-0.39, 0.29) is 0 Å². The number of rotatable bonds is 6. The van der Waals surface area contributed by atoms with E-state index in [0.29, 0.717) is 5.82 Å². The summed E-state index contributed by atoms with van der Waals surface area (Å²) < 4.78 is 0. The van der Waals surface area contributed by atoms with Crippen molar-refractivity contribution in [3.63, 3.8) is 0 Å². The van der Waals surface area contributed by atoms with E-state index in [1.165, 1.54) is 5.56 Å². The highest BCUT2D eigenvalue weighted by Crippen LogP contribution is 2.22. The van der Waals surface area contributed by atoms with Crippen molar-refractivity contribution >= 4 is 40.5 Å². The van der Waals surface area contributed by atoms with Crippen LogP contribution in [0, 0.1) is 6.92 Å². The van der Waals surface area contributed by atoms with Crippen LogP contribution in [0.1, 0.15) is 17.0 Å². The van der Waals surface area contributed by atoms with E-state index >= 15 is 0 Å². The molecular weight excluding hydrogens is 344 g/mol. The molecule has 0 atom stereocenters. The van der Waals surface area contributed by atoms with Gasteiger partial charge in [-0.05, 0) is 56.9 Å². The maximum atomic E-state index is 5.94. The SMILES string of the molecule is Cc1ccc2nc(/C=C/c3ccc(Cl)cc3)nc(NCCN(C)C)c2c1. The molecule has 0 spiro atoms. The standard InChI is InChI=1S/C21H23ClN4/c1-15-4-10-19-18(14-15)21(23-12-13-26(2)3)25-20(24-19)11-7-16-5-8-17(22)9-6-16/h4-11,14H,12-13H2,1-3H3,(H,23,24,25)/b11-7+. The Morgan fingerprint density at radius 2 is 1.81 bits per heavy atom. The van der Waals surface area contributed by atoms with Gasteiger partial charge in [0, 0.05) is 23.5 Å². The fraction of sp³-hybridized carbons (Fsp3) is 0.238. The maximum Gasteiger partial charge on any atom is 0.154 e.